The van der Waals surface area contributed by atoms with Gasteiger partial charge in [0, 0.05) is 39.0 Å². The van der Waals surface area contributed by atoms with Gasteiger partial charge in [-0.2, -0.15) is 5.10 Å². The highest BCUT2D eigenvalue weighted by Gasteiger charge is 2.22. The van der Waals surface area contributed by atoms with Crippen molar-refractivity contribution in [3.63, 3.8) is 0 Å². The van der Waals surface area contributed by atoms with Gasteiger partial charge in [0.15, 0.2) is 11.8 Å². The number of nitrogens with one attached hydrogen (secondary N) is 2. The van der Waals surface area contributed by atoms with Gasteiger partial charge in [-0.1, -0.05) is 6.07 Å². The molecule has 0 bridgehead atoms. The number of ether oxygens (including phenoxy) is 1. The van der Waals surface area contributed by atoms with Gasteiger partial charge in [0.25, 0.3) is 0 Å². The number of methoxy groups -OCH3 is 1. The number of aromatic nitrogens is 5. The van der Waals surface area contributed by atoms with Gasteiger partial charge in [0.2, 0.25) is 0 Å². The maximum Gasteiger partial charge on any atom is 0.191 e. The van der Waals surface area contributed by atoms with E-state index in [0.29, 0.717) is 13.2 Å². The summed E-state index contributed by atoms with van der Waals surface area (Å²) in [5, 5.41) is 11.3. The molecule has 150 valence electrons. The lowest BCUT2D eigenvalue weighted by atomic mass is 10.1. The number of hydrogen-bond donors (Lipinski definition) is 2. The average Bonchev–Trinajstić information content (AvgIpc) is 3.27. The molecule has 28 heavy (non-hydrogen) atoms. The molecule has 3 aromatic heterocycles. The Balaban J connectivity index is 0.00000225. The van der Waals surface area contributed by atoms with Gasteiger partial charge < -0.3 is 19.8 Å². The Bertz CT molecular complexity index is 917. The zero-order chi connectivity index (χ0) is 18.6. The van der Waals surface area contributed by atoms with E-state index in [1.807, 2.05) is 39.7 Å². The summed E-state index contributed by atoms with van der Waals surface area (Å²) < 4.78 is 9.09. The minimum atomic E-state index is 0. The van der Waals surface area contributed by atoms with Crippen LogP contribution in [-0.2, 0) is 30.9 Å². The van der Waals surface area contributed by atoms with Crippen molar-refractivity contribution in [3.05, 3.63) is 47.9 Å². The number of nitrogens with zero attached hydrogens (tertiary/aromatic N) is 6. The van der Waals surface area contributed by atoms with Crippen LogP contribution in [0.25, 0.3) is 5.65 Å². The van der Waals surface area contributed by atoms with Gasteiger partial charge >= 0.3 is 0 Å². The summed E-state index contributed by atoms with van der Waals surface area (Å²) in [6, 6.07) is 6.22. The Hall–Kier alpha value is -2.21. The van der Waals surface area contributed by atoms with Gasteiger partial charge in [-0.05, 0) is 18.6 Å². The first-order valence-corrected chi connectivity index (χ1v) is 9.06. The predicted octanol–water partition coefficient (Wildman–Crippen LogP) is 1.37. The molecule has 4 rings (SSSR count). The second kappa shape index (κ2) is 9.32. The van der Waals surface area contributed by atoms with E-state index in [1.54, 1.807) is 14.2 Å². The third kappa shape index (κ3) is 4.61. The molecule has 0 saturated carbocycles. The largest absolute Gasteiger partial charge is 0.377 e. The van der Waals surface area contributed by atoms with Crippen molar-refractivity contribution in [1.29, 1.82) is 0 Å². The topological polar surface area (TPSA) is 93.7 Å². The van der Waals surface area contributed by atoms with Crippen LogP contribution in [0.15, 0.2) is 35.6 Å². The Labute approximate surface area is 180 Å². The van der Waals surface area contributed by atoms with Gasteiger partial charge in [0.05, 0.1) is 18.8 Å². The lowest BCUT2D eigenvalue weighted by molar-refractivity contribution is 0.177. The van der Waals surface area contributed by atoms with E-state index < -0.39 is 0 Å². The quantitative estimate of drug-likeness (QED) is 0.315. The van der Waals surface area contributed by atoms with Crippen molar-refractivity contribution in [2.24, 2.45) is 4.99 Å². The Kier molecular flexibility index (Phi) is 6.83. The third-order valence-corrected chi connectivity index (χ3v) is 4.59. The normalized spacial score (nSPS) is 16.5. The van der Waals surface area contributed by atoms with E-state index in [1.165, 1.54) is 0 Å². The lowest BCUT2D eigenvalue weighted by Crippen LogP contribution is -2.46. The molecule has 4 heterocycles. The minimum absolute atomic E-state index is 0. The van der Waals surface area contributed by atoms with Crippen LogP contribution in [0.3, 0.4) is 0 Å². The summed E-state index contributed by atoms with van der Waals surface area (Å²) in [6.45, 7) is 1.82. The molecule has 0 radical (unpaired) electrons. The van der Waals surface area contributed by atoms with Crippen LogP contribution in [0.5, 0.6) is 0 Å². The van der Waals surface area contributed by atoms with Gasteiger partial charge in [-0.15, -0.1) is 24.0 Å². The van der Waals surface area contributed by atoms with Gasteiger partial charge in [0.1, 0.15) is 18.1 Å². The standard InChI is InChI=1S/C18H24N8O.HI/c1-19-18(20-9-14-10-25-8-4-3-5-16(25)21-14)22-13-6-7-17-23-15(12-27-2)24-26(17)11-13;/h3-5,8,10,13H,6-7,9,11-12H2,1-2H3,(H2,19,20,22);1H. The summed E-state index contributed by atoms with van der Waals surface area (Å²) in [7, 11) is 3.43. The first-order chi connectivity index (χ1) is 13.2. The summed E-state index contributed by atoms with van der Waals surface area (Å²) in [5.41, 5.74) is 1.91. The Morgan fingerprint density at radius 2 is 2.25 bits per heavy atom. The fraction of sp³-hybridized carbons (Fsp3) is 0.444. The zero-order valence-corrected chi connectivity index (χ0v) is 18.3. The fourth-order valence-corrected chi connectivity index (χ4v) is 3.30. The molecule has 0 saturated heterocycles. The fourth-order valence-electron chi connectivity index (χ4n) is 3.30. The van der Waals surface area contributed by atoms with Gasteiger partial charge in [-0.25, -0.2) is 14.6 Å². The maximum absolute atomic E-state index is 5.12. The molecule has 1 aliphatic rings. The molecule has 0 amide bonds. The van der Waals surface area contributed by atoms with Crippen LogP contribution in [0.4, 0.5) is 0 Å². The summed E-state index contributed by atoms with van der Waals surface area (Å²) in [5.74, 6) is 2.52. The van der Waals surface area contributed by atoms with Crippen LogP contribution < -0.4 is 10.6 Å². The van der Waals surface area contributed by atoms with Crippen molar-refractivity contribution in [2.75, 3.05) is 14.2 Å². The van der Waals surface area contributed by atoms with E-state index in [-0.39, 0.29) is 30.0 Å². The first-order valence-electron chi connectivity index (χ1n) is 9.06. The summed E-state index contributed by atoms with van der Waals surface area (Å²) in [4.78, 5) is 13.4. The van der Waals surface area contributed by atoms with Crippen molar-refractivity contribution < 1.29 is 4.74 Å². The molecule has 9 nitrogen and oxygen atoms in total. The first kappa shape index (κ1) is 20.5. The SMILES string of the molecule is CN=C(NCc1cn2ccccc2n1)NC1CCc2nc(COC)nn2C1.I. The predicted molar refractivity (Wildman–Crippen MR) is 117 cm³/mol. The van der Waals surface area contributed by atoms with Crippen LogP contribution in [-0.4, -0.2) is 50.3 Å². The number of halogens is 1. The van der Waals surface area contributed by atoms with E-state index in [2.05, 4.69) is 30.7 Å². The van der Waals surface area contributed by atoms with Crippen molar-refractivity contribution in [1.82, 2.24) is 34.8 Å². The molecule has 1 aliphatic heterocycles. The number of fused-ring (bicyclic) bond motifs is 2. The smallest absolute Gasteiger partial charge is 0.191 e. The molecule has 0 spiro atoms. The lowest BCUT2D eigenvalue weighted by Gasteiger charge is -2.25. The zero-order valence-electron chi connectivity index (χ0n) is 16.0. The minimum Gasteiger partial charge on any atom is -0.377 e. The highest BCUT2D eigenvalue weighted by atomic mass is 127. The Morgan fingerprint density at radius 1 is 1.36 bits per heavy atom. The monoisotopic (exact) mass is 496 g/mol. The van der Waals surface area contributed by atoms with Crippen LogP contribution in [0.2, 0.25) is 0 Å². The summed E-state index contributed by atoms with van der Waals surface area (Å²) >= 11 is 0. The van der Waals surface area contributed by atoms with E-state index >= 15 is 0 Å². The number of aryl methyl sites for hydroxylation is 1. The third-order valence-electron chi connectivity index (χ3n) is 4.59. The van der Waals surface area contributed by atoms with Crippen molar-refractivity contribution in [2.45, 2.75) is 38.6 Å². The number of imidazole rings is 1. The molecule has 3 aromatic rings. The molecular formula is C18H25IN8O. The molecular weight excluding hydrogens is 471 g/mol. The molecule has 2 N–H and O–H groups in total. The second-order valence-electron chi connectivity index (χ2n) is 6.56. The maximum atomic E-state index is 5.12. The van der Waals surface area contributed by atoms with Crippen LogP contribution in [0.1, 0.15) is 23.8 Å². The Morgan fingerprint density at radius 3 is 3.04 bits per heavy atom. The molecule has 0 aromatic carbocycles. The highest BCUT2D eigenvalue weighted by molar-refractivity contribution is 14.0. The van der Waals surface area contributed by atoms with E-state index in [9.17, 15) is 0 Å². The molecule has 0 fully saturated rings. The van der Waals surface area contributed by atoms with Crippen molar-refractivity contribution >= 4 is 35.6 Å². The highest BCUT2D eigenvalue weighted by Crippen LogP contribution is 2.13. The summed E-state index contributed by atoms with van der Waals surface area (Å²) in [6.07, 6.45) is 5.89. The van der Waals surface area contributed by atoms with E-state index in [0.717, 1.165) is 48.3 Å². The molecule has 0 aliphatic carbocycles. The molecule has 1 unspecified atom stereocenters. The molecule has 1 atom stereocenters. The van der Waals surface area contributed by atoms with Crippen LogP contribution >= 0.6 is 24.0 Å². The number of aliphatic imine (C=N–C) groups is 1. The number of hydrogen-bond acceptors (Lipinski definition) is 5. The van der Waals surface area contributed by atoms with Crippen molar-refractivity contribution in [3.8, 4) is 0 Å². The average molecular weight is 496 g/mol. The van der Waals surface area contributed by atoms with Gasteiger partial charge in [-0.3, -0.25) is 4.99 Å². The van der Waals surface area contributed by atoms with Crippen LogP contribution in [0, 0.1) is 0 Å². The number of pyridine rings is 1. The second-order valence-corrected chi connectivity index (χ2v) is 6.56. The molecule has 10 heteroatoms. The number of rotatable bonds is 5. The number of guanidine groups is 1. The van der Waals surface area contributed by atoms with E-state index in [4.69, 9.17) is 4.74 Å².